The van der Waals surface area contributed by atoms with Crippen molar-refractivity contribution >= 4 is 12.3 Å². The standard InChI is InChI=1S/C14H17O3/c1-4-5-6-14(16)17-13-8-10(2)12(9-15)7-11(13)3/h7-9H,1,4-6H2,2-3H3. The van der Waals surface area contributed by atoms with E-state index in [4.69, 9.17) is 4.74 Å². The van der Waals surface area contributed by atoms with E-state index in [2.05, 4.69) is 6.92 Å². The molecule has 1 aromatic carbocycles. The first-order valence-electron chi connectivity index (χ1n) is 5.65. The summed E-state index contributed by atoms with van der Waals surface area (Å²) in [5, 5.41) is 0. The van der Waals surface area contributed by atoms with E-state index in [1.807, 2.05) is 13.8 Å². The Morgan fingerprint density at radius 3 is 2.65 bits per heavy atom. The van der Waals surface area contributed by atoms with Gasteiger partial charge in [-0.2, -0.15) is 0 Å². The SMILES string of the molecule is [CH2]CCCC(=O)Oc1cc(C)c(C=O)cc1C. The summed E-state index contributed by atoms with van der Waals surface area (Å²) in [4.78, 5) is 22.2. The monoisotopic (exact) mass is 233 g/mol. The molecule has 91 valence electrons. The molecule has 0 bridgehead atoms. The summed E-state index contributed by atoms with van der Waals surface area (Å²) in [5.74, 6) is 0.275. The van der Waals surface area contributed by atoms with Gasteiger partial charge in [0.15, 0.2) is 0 Å². The lowest BCUT2D eigenvalue weighted by Gasteiger charge is -2.09. The van der Waals surface area contributed by atoms with Gasteiger partial charge in [-0.3, -0.25) is 9.59 Å². The zero-order valence-electron chi connectivity index (χ0n) is 10.3. The van der Waals surface area contributed by atoms with Gasteiger partial charge < -0.3 is 4.74 Å². The maximum absolute atomic E-state index is 11.5. The summed E-state index contributed by atoms with van der Waals surface area (Å²) < 4.78 is 5.24. The van der Waals surface area contributed by atoms with E-state index in [0.29, 0.717) is 17.7 Å². The molecular formula is C14H17O3. The highest BCUT2D eigenvalue weighted by molar-refractivity contribution is 5.79. The van der Waals surface area contributed by atoms with Crippen molar-refractivity contribution in [1.82, 2.24) is 0 Å². The van der Waals surface area contributed by atoms with E-state index in [-0.39, 0.29) is 5.97 Å². The summed E-state index contributed by atoms with van der Waals surface area (Å²) in [6.45, 7) is 7.30. The van der Waals surface area contributed by atoms with Crippen molar-refractivity contribution in [3.05, 3.63) is 35.7 Å². The minimum absolute atomic E-state index is 0.255. The molecule has 0 spiro atoms. The van der Waals surface area contributed by atoms with Crippen LogP contribution in [0.25, 0.3) is 0 Å². The quantitative estimate of drug-likeness (QED) is 0.446. The van der Waals surface area contributed by atoms with E-state index >= 15 is 0 Å². The molecule has 0 unspecified atom stereocenters. The lowest BCUT2D eigenvalue weighted by molar-refractivity contribution is -0.134. The first-order chi connectivity index (χ1) is 8.08. The number of unbranched alkanes of at least 4 members (excludes halogenated alkanes) is 1. The van der Waals surface area contributed by atoms with E-state index < -0.39 is 0 Å². The first kappa shape index (κ1) is 13.4. The fourth-order valence-electron chi connectivity index (χ4n) is 1.49. The maximum atomic E-state index is 11.5. The zero-order chi connectivity index (χ0) is 12.8. The Kier molecular flexibility index (Phi) is 4.88. The molecular weight excluding hydrogens is 216 g/mol. The van der Waals surface area contributed by atoms with Crippen LogP contribution in [0.4, 0.5) is 0 Å². The van der Waals surface area contributed by atoms with Crippen LogP contribution in [0, 0.1) is 20.8 Å². The maximum Gasteiger partial charge on any atom is 0.311 e. The van der Waals surface area contributed by atoms with Gasteiger partial charge in [0.25, 0.3) is 0 Å². The average Bonchev–Trinajstić information content (AvgIpc) is 2.30. The molecule has 0 saturated heterocycles. The third-order valence-corrected chi connectivity index (χ3v) is 2.55. The highest BCUT2D eigenvalue weighted by atomic mass is 16.5. The lowest BCUT2D eigenvalue weighted by atomic mass is 10.1. The van der Waals surface area contributed by atoms with Crippen molar-refractivity contribution in [1.29, 1.82) is 0 Å². The van der Waals surface area contributed by atoms with Crippen molar-refractivity contribution < 1.29 is 14.3 Å². The van der Waals surface area contributed by atoms with Crippen LogP contribution < -0.4 is 4.74 Å². The number of aryl methyl sites for hydroxylation is 2. The highest BCUT2D eigenvalue weighted by Crippen LogP contribution is 2.22. The van der Waals surface area contributed by atoms with Crippen LogP contribution in [-0.4, -0.2) is 12.3 Å². The Balaban J connectivity index is 2.81. The second-order valence-electron chi connectivity index (χ2n) is 4.02. The lowest BCUT2D eigenvalue weighted by Crippen LogP contribution is -2.08. The molecule has 0 fully saturated rings. The molecule has 0 N–H and O–H groups in total. The fraction of sp³-hybridized carbons (Fsp3) is 0.357. The van der Waals surface area contributed by atoms with Crippen LogP contribution in [0.2, 0.25) is 0 Å². The Morgan fingerprint density at radius 1 is 1.35 bits per heavy atom. The summed E-state index contributed by atoms with van der Waals surface area (Å²) in [5.41, 5.74) is 2.23. The van der Waals surface area contributed by atoms with Crippen LogP contribution in [0.1, 0.15) is 40.7 Å². The number of benzene rings is 1. The molecule has 17 heavy (non-hydrogen) atoms. The summed E-state index contributed by atoms with van der Waals surface area (Å²) in [6, 6.07) is 3.45. The second-order valence-corrected chi connectivity index (χ2v) is 4.02. The van der Waals surface area contributed by atoms with Crippen LogP contribution in [-0.2, 0) is 4.79 Å². The number of esters is 1. The molecule has 0 aliphatic rings. The molecule has 0 saturated carbocycles. The Bertz CT molecular complexity index is 422. The van der Waals surface area contributed by atoms with Crippen molar-refractivity contribution in [2.45, 2.75) is 33.1 Å². The number of carbonyl (C=O) groups is 2. The topological polar surface area (TPSA) is 43.4 Å². The van der Waals surface area contributed by atoms with Gasteiger partial charge in [0.05, 0.1) is 0 Å². The van der Waals surface area contributed by atoms with Crippen LogP contribution in [0.5, 0.6) is 5.75 Å². The normalized spacial score (nSPS) is 10.1. The van der Waals surface area contributed by atoms with Crippen LogP contribution in [0.15, 0.2) is 12.1 Å². The number of carbonyl (C=O) groups excluding carboxylic acids is 2. The molecule has 0 aliphatic heterocycles. The minimum Gasteiger partial charge on any atom is -0.426 e. The van der Waals surface area contributed by atoms with Crippen molar-refractivity contribution in [3.8, 4) is 5.75 Å². The van der Waals surface area contributed by atoms with Gasteiger partial charge in [-0.25, -0.2) is 0 Å². The van der Waals surface area contributed by atoms with E-state index in [1.54, 1.807) is 12.1 Å². The summed E-state index contributed by atoms with van der Waals surface area (Å²) in [6.07, 6.45) is 2.62. The molecule has 0 atom stereocenters. The van der Waals surface area contributed by atoms with Crippen molar-refractivity contribution in [3.63, 3.8) is 0 Å². The van der Waals surface area contributed by atoms with Crippen molar-refractivity contribution in [2.75, 3.05) is 0 Å². The largest absolute Gasteiger partial charge is 0.426 e. The van der Waals surface area contributed by atoms with Crippen molar-refractivity contribution in [2.24, 2.45) is 0 Å². The molecule has 0 amide bonds. The molecule has 0 aliphatic carbocycles. The van der Waals surface area contributed by atoms with Gasteiger partial charge in [-0.05, 0) is 43.5 Å². The number of rotatable bonds is 5. The summed E-state index contributed by atoms with van der Waals surface area (Å²) in [7, 11) is 0. The third kappa shape index (κ3) is 3.70. The fourth-order valence-corrected chi connectivity index (χ4v) is 1.49. The average molecular weight is 233 g/mol. The number of ether oxygens (including phenoxy) is 1. The summed E-state index contributed by atoms with van der Waals surface area (Å²) >= 11 is 0. The molecule has 0 aromatic heterocycles. The number of aldehydes is 1. The number of hydrogen-bond acceptors (Lipinski definition) is 3. The Hall–Kier alpha value is -1.64. The molecule has 3 nitrogen and oxygen atoms in total. The van der Waals surface area contributed by atoms with Gasteiger partial charge in [0.2, 0.25) is 0 Å². The van der Waals surface area contributed by atoms with Gasteiger partial charge in [-0.1, -0.05) is 13.3 Å². The van der Waals surface area contributed by atoms with Crippen LogP contribution in [0.3, 0.4) is 0 Å². The molecule has 1 aromatic rings. The molecule has 1 rings (SSSR count). The molecule has 3 heteroatoms. The highest BCUT2D eigenvalue weighted by Gasteiger charge is 2.09. The first-order valence-corrected chi connectivity index (χ1v) is 5.65. The zero-order valence-corrected chi connectivity index (χ0v) is 10.3. The van der Waals surface area contributed by atoms with E-state index in [1.165, 1.54) is 0 Å². The second kappa shape index (κ2) is 6.18. The Morgan fingerprint density at radius 2 is 2.06 bits per heavy atom. The Labute approximate surface area is 102 Å². The number of hydrogen-bond donors (Lipinski definition) is 0. The van der Waals surface area contributed by atoms with Gasteiger partial charge in [-0.15, -0.1) is 0 Å². The van der Waals surface area contributed by atoms with Gasteiger partial charge in [0.1, 0.15) is 12.0 Å². The minimum atomic E-state index is -0.255. The molecule has 0 heterocycles. The van der Waals surface area contributed by atoms with E-state index in [9.17, 15) is 9.59 Å². The smallest absolute Gasteiger partial charge is 0.311 e. The van der Waals surface area contributed by atoms with Gasteiger partial charge in [0, 0.05) is 12.0 Å². The van der Waals surface area contributed by atoms with Crippen LogP contribution >= 0.6 is 0 Å². The van der Waals surface area contributed by atoms with E-state index in [0.717, 1.165) is 30.3 Å². The predicted octanol–water partition coefficient (Wildman–Crippen LogP) is 3.03. The predicted molar refractivity (Wildman–Crippen MR) is 66.1 cm³/mol. The molecule has 1 radical (unpaired) electrons. The van der Waals surface area contributed by atoms with Gasteiger partial charge >= 0.3 is 5.97 Å². The third-order valence-electron chi connectivity index (χ3n) is 2.55.